The predicted molar refractivity (Wildman–Crippen MR) is 149 cm³/mol. The largest absolute Gasteiger partial charge is 0.497 e. The lowest BCUT2D eigenvalue weighted by Crippen LogP contribution is -2.48. The van der Waals surface area contributed by atoms with E-state index in [1.165, 1.54) is 6.92 Å². The maximum Gasteiger partial charge on any atom is 0.181 e. The molecule has 0 spiro atoms. The third-order valence-electron chi connectivity index (χ3n) is 7.12. The molecule has 6 nitrogen and oxygen atoms in total. The molecule has 0 aliphatic carbocycles. The highest BCUT2D eigenvalue weighted by atomic mass is 16.5. The van der Waals surface area contributed by atoms with E-state index in [9.17, 15) is 14.7 Å². The van der Waals surface area contributed by atoms with Gasteiger partial charge in [0.2, 0.25) is 0 Å². The Hall–Kier alpha value is -4.26. The minimum Gasteiger partial charge on any atom is -0.497 e. The zero-order valence-corrected chi connectivity index (χ0v) is 22.3. The molecule has 0 saturated carbocycles. The molecule has 4 rings (SSSR count). The van der Waals surface area contributed by atoms with Gasteiger partial charge in [0.15, 0.2) is 5.78 Å². The molecule has 1 N–H and O–H groups in total. The molecule has 200 valence electrons. The van der Waals surface area contributed by atoms with Crippen LogP contribution >= 0.6 is 0 Å². The van der Waals surface area contributed by atoms with Gasteiger partial charge in [-0.3, -0.25) is 9.59 Å². The average molecular weight is 525 g/mol. The van der Waals surface area contributed by atoms with Gasteiger partial charge in [-0.15, -0.1) is 0 Å². The molecule has 1 atom stereocenters. The number of ketones is 2. The van der Waals surface area contributed by atoms with Gasteiger partial charge in [-0.05, 0) is 47.9 Å². The van der Waals surface area contributed by atoms with Gasteiger partial charge in [0.05, 0.1) is 27.4 Å². The van der Waals surface area contributed by atoms with Crippen molar-refractivity contribution in [1.29, 1.82) is 0 Å². The molecule has 1 unspecified atom stereocenters. The first-order valence-electron chi connectivity index (χ1n) is 12.6. The number of carbonyl (C=O) groups excluding carboxylic acids is 2. The van der Waals surface area contributed by atoms with Crippen LogP contribution in [0.5, 0.6) is 11.5 Å². The highest BCUT2D eigenvalue weighted by molar-refractivity contribution is 6.14. The second-order valence-electron chi connectivity index (χ2n) is 9.28. The van der Waals surface area contributed by atoms with Crippen LogP contribution in [-0.4, -0.2) is 44.1 Å². The van der Waals surface area contributed by atoms with Gasteiger partial charge in [0.1, 0.15) is 28.3 Å². The van der Waals surface area contributed by atoms with Gasteiger partial charge in [-0.25, -0.2) is 0 Å². The molecular weight excluding hydrogens is 492 g/mol. The highest BCUT2D eigenvalue weighted by Gasteiger charge is 2.47. The molecule has 6 heteroatoms. The van der Waals surface area contributed by atoms with E-state index < -0.39 is 29.2 Å². The fourth-order valence-electron chi connectivity index (χ4n) is 4.73. The van der Waals surface area contributed by atoms with Crippen LogP contribution in [0.1, 0.15) is 34.0 Å². The number of methoxy groups -OCH3 is 2. The Morgan fingerprint density at radius 1 is 0.667 bits per heavy atom. The van der Waals surface area contributed by atoms with Crippen LogP contribution in [0.15, 0.2) is 109 Å². The maximum absolute atomic E-state index is 13.7. The third-order valence-corrected chi connectivity index (χ3v) is 7.12. The fourth-order valence-corrected chi connectivity index (χ4v) is 4.73. The van der Waals surface area contributed by atoms with Crippen LogP contribution in [0.4, 0.5) is 0 Å². The molecule has 0 aliphatic rings. The molecule has 0 fully saturated rings. The molecule has 0 amide bonds. The van der Waals surface area contributed by atoms with Gasteiger partial charge >= 0.3 is 0 Å². The van der Waals surface area contributed by atoms with Crippen LogP contribution in [0.25, 0.3) is 0 Å². The van der Waals surface area contributed by atoms with Gasteiger partial charge in [0, 0.05) is 5.56 Å². The smallest absolute Gasteiger partial charge is 0.181 e. The van der Waals surface area contributed by atoms with Gasteiger partial charge < -0.3 is 19.3 Å². The van der Waals surface area contributed by atoms with Crippen LogP contribution in [0, 0.1) is 5.41 Å². The number of aliphatic hydroxyl groups is 1. The Labute approximate surface area is 228 Å². The Morgan fingerprint density at radius 2 is 1.10 bits per heavy atom. The minimum atomic E-state index is -1.81. The monoisotopic (exact) mass is 524 g/mol. The maximum atomic E-state index is 13.7. The average Bonchev–Trinajstić information content (AvgIpc) is 3.00. The van der Waals surface area contributed by atoms with Crippen molar-refractivity contribution in [2.75, 3.05) is 27.4 Å². The summed E-state index contributed by atoms with van der Waals surface area (Å²) in [6.45, 7) is 0.247. The number of carbonyl (C=O) groups is 2. The molecule has 4 aromatic carbocycles. The summed E-state index contributed by atoms with van der Waals surface area (Å²) >= 11 is 0. The summed E-state index contributed by atoms with van der Waals surface area (Å²) in [5.74, 6) is 0.362. The quantitative estimate of drug-likeness (QED) is 0.151. The zero-order valence-electron chi connectivity index (χ0n) is 22.3. The van der Waals surface area contributed by atoms with Crippen molar-refractivity contribution in [3.63, 3.8) is 0 Å². The summed E-state index contributed by atoms with van der Waals surface area (Å²) in [5.41, 5.74) is -0.440. The van der Waals surface area contributed by atoms with E-state index in [-0.39, 0.29) is 6.61 Å². The van der Waals surface area contributed by atoms with Crippen molar-refractivity contribution in [2.45, 2.75) is 12.5 Å². The lowest BCUT2D eigenvalue weighted by Gasteiger charge is -2.39. The molecule has 39 heavy (non-hydrogen) atoms. The van der Waals surface area contributed by atoms with Gasteiger partial charge in [0.25, 0.3) is 0 Å². The molecule has 0 heterocycles. The molecule has 4 aromatic rings. The second kappa shape index (κ2) is 12.1. The lowest BCUT2D eigenvalue weighted by atomic mass is 9.76. The summed E-state index contributed by atoms with van der Waals surface area (Å²) in [6.07, 6.45) is 0. The Kier molecular flexibility index (Phi) is 8.59. The van der Waals surface area contributed by atoms with E-state index >= 15 is 0 Å². The molecule has 0 aromatic heterocycles. The Bertz CT molecular complexity index is 1330. The number of hydrogen-bond donors (Lipinski definition) is 1. The number of ether oxygens (including phenoxy) is 3. The molecule has 0 radical (unpaired) electrons. The van der Waals surface area contributed by atoms with E-state index in [0.29, 0.717) is 17.1 Å². The van der Waals surface area contributed by atoms with Crippen LogP contribution in [-0.2, 0) is 15.1 Å². The summed E-state index contributed by atoms with van der Waals surface area (Å²) < 4.78 is 17.6. The third kappa shape index (κ3) is 5.35. The summed E-state index contributed by atoms with van der Waals surface area (Å²) in [7, 11) is 3.19. The second-order valence-corrected chi connectivity index (χ2v) is 9.28. The molecular formula is C33H32O6. The number of benzene rings is 4. The van der Waals surface area contributed by atoms with Crippen molar-refractivity contribution < 1.29 is 28.9 Å². The Balaban J connectivity index is 1.92. The lowest BCUT2D eigenvalue weighted by molar-refractivity contribution is -0.132. The first-order chi connectivity index (χ1) is 18.9. The van der Waals surface area contributed by atoms with E-state index in [1.54, 1.807) is 44.6 Å². The summed E-state index contributed by atoms with van der Waals surface area (Å²) in [5, 5.41) is 10.6. The van der Waals surface area contributed by atoms with Gasteiger partial charge in [-0.1, -0.05) is 84.9 Å². The summed E-state index contributed by atoms with van der Waals surface area (Å²) in [6, 6.07) is 33.0. The van der Waals surface area contributed by atoms with Crippen LogP contribution in [0.2, 0.25) is 0 Å². The topological polar surface area (TPSA) is 82.1 Å². The van der Waals surface area contributed by atoms with E-state index in [0.717, 1.165) is 16.7 Å². The number of Topliss-reactive ketones (excluding diaryl/α,β-unsaturated/α-hetero) is 2. The number of aliphatic hydroxyl groups excluding tert-OH is 1. The van der Waals surface area contributed by atoms with E-state index in [4.69, 9.17) is 14.2 Å². The standard InChI is InChI=1S/C33H32O6/c1-24(35)32(22-34,31(36)25-10-6-4-7-11-25)23-39-33(26-12-8-5-9-13-26,27-14-18-29(37-2)19-15-27)28-16-20-30(38-3)21-17-28/h4-21,34H,22-23H2,1-3H3. The van der Waals surface area contributed by atoms with E-state index in [2.05, 4.69) is 0 Å². The van der Waals surface area contributed by atoms with Crippen molar-refractivity contribution in [3.05, 3.63) is 131 Å². The Morgan fingerprint density at radius 3 is 1.51 bits per heavy atom. The molecule has 0 bridgehead atoms. The van der Waals surface area contributed by atoms with Crippen molar-refractivity contribution in [1.82, 2.24) is 0 Å². The first-order valence-corrected chi connectivity index (χ1v) is 12.6. The SMILES string of the molecule is COc1ccc(C(OCC(CO)(C(C)=O)C(=O)c2ccccc2)(c2ccccc2)c2ccc(OC)cc2)cc1. The molecule has 0 saturated heterocycles. The van der Waals surface area contributed by atoms with Crippen LogP contribution < -0.4 is 9.47 Å². The van der Waals surface area contributed by atoms with Gasteiger partial charge in [-0.2, -0.15) is 0 Å². The first kappa shape index (κ1) is 27.8. The van der Waals surface area contributed by atoms with Crippen molar-refractivity contribution in [2.24, 2.45) is 5.41 Å². The van der Waals surface area contributed by atoms with Crippen molar-refractivity contribution >= 4 is 11.6 Å². The molecule has 0 aliphatic heterocycles. The fraction of sp³-hybridized carbons (Fsp3) is 0.212. The van der Waals surface area contributed by atoms with Crippen LogP contribution in [0.3, 0.4) is 0 Å². The normalized spacial score (nSPS) is 12.8. The van der Waals surface area contributed by atoms with Crippen molar-refractivity contribution in [3.8, 4) is 11.5 Å². The highest BCUT2D eigenvalue weighted by Crippen LogP contribution is 2.43. The zero-order chi connectivity index (χ0) is 27.9. The summed E-state index contributed by atoms with van der Waals surface area (Å²) in [4.78, 5) is 26.9. The minimum absolute atomic E-state index is 0.324. The van der Waals surface area contributed by atoms with E-state index in [1.807, 2.05) is 78.9 Å². The number of rotatable bonds is 12. The predicted octanol–water partition coefficient (Wildman–Crippen LogP) is 5.46. The number of hydrogen-bond acceptors (Lipinski definition) is 6.